The van der Waals surface area contributed by atoms with E-state index in [2.05, 4.69) is 37.4 Å². The molecule has 0 radical (unpaired) electrons. The van der Waals surface area contributed by atoms with Crippen LogP contribution in [0.25, 0.3) is 0 Å². The highest BCUT2D eigenvalue weighted by Gasteiger charge is 2.37. The lowest BCUT2D eigenvalue weighted by Gasteiger charge is -2.43. The molecule has 0 bridgehead atoms. The van der Waals surface area contributed by atoms with Gasteiger partial charge in [0, 0.05) is 30.9 Å². The second-order valence-corrected chi connectivity index (χ2v) is 8.47. The van der Waals surface area contributed by atoms with Crippen molar-refractivity contribution < 1.29 is 0 Å². The molecule has 2 rings (SSSR count). The van der Waals surface area contributed by atoms with Crippen LogP contribution in [0.3, 0.4) is 0 Å². The highest BCUT2D eigenvalue weighted by molar-refractivity contribution is 7.98. The summed E-state index contributed by atoms with van der Waals surface area (Å²) in [6.07, 6.45) is 10.7. The van der Waals surface area contributed by atoms with Gasteiger partial charge in [-0.2, -0.15) is 11.8 Å². The zero-order valence-electron chi connectivity index (χ0n) is 14.0. The van der Waals surface area contributed by atoms with Crippen molar-refractivity contribution in [2.24, 2.45) is 11.3 Å². The van der Waals surface area contributed by atoms with Gasteiger partial charge in [-0.1, -0.05) is 19.8 Å². The second-order valence-electron chi connectivity index (χ2n) is 7.56. The Morgan fingerprint density at radius 3 is 2.45 bits per heavy atom. The summed E-state index contributed by atoms with van der Waals surface area (Å²) in [5.41, 5.74) is 0.538. The molecule has 2 saturated carbocycles. The Kier molecular flexibility index (Phi) is 6.25. The molecular weight excluding hydrogens is 264 g/mol. The van der Waals surface area contributed by atoms with Crippen LogP contribution in [0.5, 0.6) is 0 Å². The topological polar surface area (TPSA) is 15.3 Å². The average Bonchev–Trinajstić information content (AvgIpc) is 3.24. The van der Waals surface area contributed by atoms with E-state index in [0.29, 0.717) is 11.5 Å². The molecule has 0 spiro atoms. The summed E-state index contributed by atoms with van der Waals surface area (Å²) in [5.74, 6) is 2.19. The summed E-state index contributed by atoms with van der Waals surface area (Å²) in [4.78, 5) is 2.61. The Morgan fingerprint density at radius 1 is 1.25 bits per heavy atom. The fraction of sp³-hybridized carbons (Fsp3) is 1.00. The van der Waals surface area contributed by atoms with Crippen molar-refractivity contribution in [3.8, 4) is 0 Å². The SMILES string of the molecule is CSCC(C)N(C)CC1(CNC2CC2)CCC(C)CC1. The van der Waals surface area contributed by atoms with E-state index in [0.717, 1.165) is 12.0 Å². The Morgan fingerprint density at radius 2 is 1.90 bits per heavy atom. The lowest BCUT2D eigenvalue weighted by molar-refractivity contribution is 0.0861. The minimum absolute atomic E-state index is 0.538. The van der Waals surface area contributed by atoms with Crippen LogP contribution in [-0.2, 0) is 0 Å². The van der Waals surface area contributed by atoms with Crippen LogP contribution in [0.4, 0.5) is 0 Å². The molecule has 118 valence electrons. The molecule has 1 N–H and O–H groups in total. The molecule has 0 saturated heterocycles. The van der Waals surface area contributed by atoms with Gasteiger partial charge in [0.2, 0.25) is 0 Å². The van der Waals surface area contributed by atoms with E-state index in [9.17, 15) is 0 Å². The highest BCUT2D eigenvalue weighted by Crippen LogP contribution is 2.40. The maximum absolute atomic E-state index is 3.83. The maximum Gasteiger partial charge on any atom is 0.0155 e. The third-order valence-corrected chi connectivity index (χ3v) is 6.24. The third-order valence-electron chi connectivity index (χ3n) is 5.42. The summed E-state index contributed by atoms with van der Waals surface area (Å²) >= 11 is 1.97. The zero-order chi connectivity index (χ0) is 14.6. The number of rotatable bonds is 8. The molecule has 0 heterocycles. The van der Waals surface area contributed by atoms with Gasteiger partial charge in [-0.15, -0.1) is 0 Å². The first kappa shape index (κ1) is 16.6. The molecule has 2 fully saturated rings. The van der Waals surface area contributed by atoms with Crippen LogP contribution in [0.1, 0.15) is 52.4 Å². The molecule has 1 unspecified atom stereocenters. The lowest BCUT2D eigenvalue weighted by atomic mass is 9.70. The van der Waals surface area contributed by atoms with Gasteiger partial charge in [-0.25, -0.2) is 0 Å². The lowest BCUT2D eigenvalue weighted by Crippen LogP contribution is -2.48. The highest BCUT2D eigenvalue weighted by atomic mass is 32.2. The largest absolute Gasteiger partial charge is 0.313 e. The van der Waals surface area contributed by atoms with Gasteiger partial charge in [0.1, 0.15) is 0 Å². The van der Waals surface area contributed by atoms with E-state index >= 15 is 0 Å². The Balaban J connectivity index is 1.90. The fourth-order valence-corrected chi connectivity index (χ4v) is 4.20. The molecule has 0 aliphatic heterocycles. The smallest absolute Gasteiger partial charge is 0.0155 e. The second kappa shape index (κ2) is 7.51. The minimum atomic E-state index is 0.538. The van der Waals surface area contributed by atoms with Crippen molar-refractivity contribution >= 4 is 11.8 Å². The molecule has 2 aliphatic carbocycles. The van der Waals surface area contributed by atoms with Crippen molar-refractivity contribution in [2.75, 3.05) is 32.1 Å². The standard InChI is InChI=1S/C17H34N2S/c1-14-7-9-17(10-8-14,12-18-16-5-6-16)13-19(3)15(2)11-20-4/h14-16,18H,5-13H2,1-4H3. The van der Waals surface area contributed by atoms with Crippen LogP contribution in [0, 0.1) is 11.3 Å². The summed E-state index contributed by atoms with van der Waals surface area (Å²) < 4.78 is 0. The normalized spacial score (nSPS) is 32.5. The minimum Gasteiger partial charge on any atom is -0.313 e. The van der Waals surface area contributed by atoms with Crippen LogP contribution in [0.2, 0.25) is 0 Å². The van der Waals surface area contributed by atoms with Crippen molar-refractivity contribution in [1.82, 2.24) is 10.2 Å². The predicted molar refractivity (Wildman–Crippen MR) is 91.6 cm³/mol. The van der Waals surface area contributed by atoms with E-state index in [1.165, 1.54) is 57.4 Å². The average molecular weight is 299 g/mol. The van der Waals surface area contributed by atoms with Crippen LogP contribution in [-0.4, -0.2) is 49.1 Å². The van der Waals surface area contributed by atoms with Gasteiger partial charge in [0.15, 0.2) is 0 Å². The molecule has 3 heteroatoms. The molecule has 2 aliphatic rings. The van der Waals surface area contributed by atoms with Crippen molar-refractivity contribution in [2.45, 2.75) is 64.5 Å². The molecule has 0 aromatic heterocycles. The first-order chi connectivity index (χ1) is 9.54. The number of thioether (sulfide) groups is 1. The van der Waals surface area contributed by atoms with Crippen molar-refractivity contribution in [1.29, 1.82) is 0 Å². The van der Waals surface area contributed by atoms with Gasteiger partial charge < -0.3 is 10.2 Å². The van der Waals surface area contributed by atoms with Gasteiger partial charge in [0.25, 0.3) is 0 Å². The van der Waals surface area contributed by atoms with E-state index in [-0.39, 0.29) is 0 Å². The van der Waals surface area contributed by atoms with Crippen LogP contribution < -0.4 is 5.32 Å². The maximum atomic E-state index is 3.83. The molecular formula is C17H34N2S. The first-order valence-corrected chi connectivity index (χ1v) is 9.86. The predicted octanol–water partition coefficient (Wildman–Crippen LogP) is 3.62. The van der Waals surface area contributed by atoms with Gasteiger partial charge >= 0.3 is 0 Å². The van der Waals surface area contributed by atoms with Crippen LogP contribution in [0.15, 0.2) is 0 Å². The van der Waals surface area contributed by atoms with E-state index in [1.54, 1.807) is 0 Å². The molecule has 2 nitrogen and oxygen atoms in total. The number of hydrogen-bond acceptors (Lipinski definition) is 3. The molecule has 0 aromatic rings. The quantitative estimate of drug-likeness (QED) is 0.737. The van der Waals surface area contributed by atoms with E-state index in [1.807, 2.05) is 11.8 Å². The van der Waals surface area contributed by atoms with Gasteiger partial charge in [-0.3, -0.25) is 0 Å². The number of nitrogens with zero attached hydrogens (tertiary/aromatic N) is 1. The van der Waals surface area contributed by atoms with Gasteiger partial charge in [0.05, 0.1) is 0 Å². The van der Waals surface area contributed by atoms with Crippen molar-refractivity contribution in [3.63, 3.8) is 0 Å². The Labute approximate surface area is 130 Å². The van der Waals surface area contributed by atoms with Crippen LogP contribution >= 0.6 is 11.8 Å². The molecule has 0 aromatic carbocycles. The van der Waals surface area contributed by atoms with Crippen molar-refractivity contribution in [3.05, 3.63) is 0 Å². The van der Waals surface area contributed by atoms with Gasteiger partial charge in [-0.05, 0) is 57.2 Å². The molecule has 0 amide bonds. The molecule has 20 heavy (non-hydrogen) atoms. The number of hydrogen-bond donors (Lipinski definition) is 1. The Bertz CT molecular complexity index is 283. The van der Waals surface area contributed by atoms with E-state index in [4.69, 9.17) is 0 Å². The van der Waals surface area contributed by atoms with E-state index < -0.39 is 0 Å². The summed E-state index contributed by atoms with van der Waals surface area (Å²) in [6.45, 7) is 7.34. The first-order valence-electron chi connectivity index (χ1n) is 8.47. The molecule has 1 atom stereocenters. The summed E-state index contributed by atoms with van der Waals surface area (Å²) in [7, 11) is 2.33. The number of nitrogens with one attached hydrogen (secondary N) is 1. The third kappa shape index (κ3) is 4.92. The summed E-state index contributed by atoms with van der Waals surface area (Å²) in [5, 5.41) is 3.83. The zero-order valence-corrected chi connectivity index (χ0v) is 14.8. The Hall–Kier alpha value is 0.270. The fourth-order valence-electron chi connectivity index (χ4n) is 3.47. The monoisotopic (exact) mass is 298 g/mol. The summed E-state index contributed by atoms with van der Waals surface area (Å²) in [6, 6.07) is 1.54.